The molecule has 1 amide bonds. The van der Waals surface area contributed by atoms with Gasteiger partial charge in [-0.15, -0.1) is 0 Å². The van der Waals surface area contributed by atoms with E-state index in [-0.39, 0.29) is 17.8 Å². The minimum absolute atomic E-state index is 0.0998. The van der Waals surface area contributed by atoms with Crippen molar-refractivity contribution >= 4 is 29.0 Å². The van der Waals surface area contributed by atoms with Gasteiger partial charge in [-0.25, -0.2) is 4.79 Å². The molecule has 1 heterocycles. The highest BCUT2D eigenvalue weighted by Crippen LogP contribution is 2.29. The van der Waals surface area contributed by atoms with Crippen molar-refractivity contribution in [3.05, 3.63) is 70.3 Å². The Morgan fingerprint density at radius 1 is 1.17 bits per heavy atom. The van der Waals surface area contributed by atoms with Crippen molar-refractivity contribution in [3.63, 3.8) is 0 Å². The number of rotatable bonds is 5. The van der Waals surface area contributed by atoms with E-state index in [0.717, 1.165) is 5.56 Å². The standard InChI is InChI=1S/C22H23N3O5/c1-22(2,3)30-21(27)19-13-18(23-14-15-7-5-4-6-8-15)20(26)24(19)16-9-11-17(12-10-16)25(28)29/h4-12,19H,13-14H2,1-3H3. The molecular formula is C22H23N3O5. The molecule has 0 saturated carbocycles. The smallest absolute Gasteiger partial charge is 0.330 e. The fourth-order valence-electron chi connectivity index (χ4n) is 3.14. The summed E-state index contributed by atoms with van der Waals surface area (Å²) < 4.78 is 5.50. The number of ether oxygens (including phenoxy) is 1. The molecule has 0 N–H and O–H groups in total. The molecule has 156 valence electrons. The van der Waals surface area contributed by atoms with E-state index in [1.165, 1.54) is 29.2 Å². The van der Waals surface area contributed by atoms with Gasteiger partial charge in [0.25, 0.3) is 11.6 Å². The van der Waals surface area contributed by atoms with E-state index in [1.54, 1.807) is 20.8 Å². The fourth-order valence-corrected chi connectivity index (χ4v) is 3.14. The number of carbonyl (C=O) groups excluding carboxylic acids is 2. The van der Waals surface area contributed by atoms with Crippen LogP contribution >= 0.6 is 0 Å². The van der Waals surface area contributed by atoms with Gasteiger partial charge in [-0.2, -0.15) is 0 Å². The lowest BCUT2D eigenvalue weighted by atomic mass is 10.1. The summed E-state index contributed by atoms with van der Waals surface area (Å²) in [6.45, 7) is 5.57. The summed E-state index contributed by atoms with van der Waals surface area (Å²) >= 11 is 0. The molecule has 0 aliphatic carbocycles. The Bertz CT molecular complexity index is 978. The number of nitro groups is 1. The van der Waals surface area contributed by atoms with E-state index in [1.807, 2.05) is 30.3 Å². The molecule has 8 heteroatoms. The number of nitro benzene ring substituents is 1. The van der Waals surface area contributed by atoms with Crippen LogP contribution < -0.4 is 4.90 Å². The lowest BCUT2D eigenvalue weighted by molar-refractivity contribution is -0.384. The van der Waals surface area contributed by atoms with Gasteiger partial charge in [-0.3, -0.25) is 24.8 Å². The highest BCUT2D eigenvalue weighted by molar-refractivity contribution is 6.47. The van der Waals surface area contributed by atoms with Crippen LogP contribution in [0.5, 0.6) is 0 Å². The first kappa shape index (κ1) is 21.2. The Morgan fingerprint density at radius 3 is 2.37 bits per heavy atom. The molecule has 1 unspecified atom stereocenters. The van der Waals surface area contributed by atoms with Crippen LogP contribution in [0.3, 0.4) is 0 Å². The maximum Gasteiger partial charge on any atom is 0.330 e. The molecular weight excluding hydrogens is 386 g/mol. The number of hydrogen-bond acceptors (Lipinski definition) is 6. The van der Waals surface area contributed by atoms with Gasteiger partial charge in [-0.1, -0.05) is 30.3 Å². The van der Waals surface area contributed by atoms with Crippen LogP contribution in [0.25, 0.3) is 0 Å². The number of hydrogen-bond donors (Lipinski definition) is 0. The van der Waals surface area contributed by atoms with Crippen molar-refractivity contribution in [3.8, 4) is 0 Å². The van der Waals surface area contributed by atoms with Crippen LogP contribution in [-0.4, -0.2) is 34.2 Å². The molecule has 1 aliphatic rings. The largest absolute Gasteiger partial charge is 0.458 e. The maximum atomic E-state index is 13.1. The summed E-state index contributed by atoms with van der Waals surface area (Å²) in [5, 5.41) is 10.9. The second-order valence-corrected chi connectivity index (χ2v) is 7.95. The maximum absolute atomic E-state index is 13.1. The molecule has 0 aromatic heterocycles. The van der Waals surface area contributed by atoms with Gasteiger partial charge in [0, 0.05) is 24.2 Å². The van der Waals surface area contributed by atoms with Gasteiger partial charge in [0.1, 0.15) is 17.4 Å². The van der Waals surface area contributed by atoms with Crippen molar-refractivity contribution in [2.24, 2.45) is 4.99 Å². The predicted molar refractivity (Wildman–Crippen MR) is 112 cm³/mol. The van der Waals surface area contributed by atoms with Crippen LogP contribution in [0.15, 0.2) is 59.6 Å². The number of nitrogens with zero attached hydrogens (tertiary/aromatic N) is 3. The molecule has 1 fully saturated rings. The summed E-state index contributed by atoms with van der Waals surface area (Å²) in [5.41, 5.74) is 0.780. The molecule has 0 spiro atoms. The zero-order valence-electron chi connectivity index (χ0n) is 17.1. The highest BCUT2D eigenvalue weighted by atomic mass is 16.6. The van der Waals surface area contributed by atoms with Gasteiger partial charge in [0.2, 0.25) is 0 Å². The quantitative estimate of drug-likeness (QED) is 0.426. The van der Waals surface area contributed by atoms with Crippen molar-refractivity contribution < 1.29 is 19.2 Å². The van der Waals surface area contributed by atoms with Crippen LogP contribution in [0, 0.1) is 10.1 Å². The number of benzene rings is 2. The van der Waals surface area contributed by atoms with Crippen molar-refractivity contribution in [1.29, 1.82) is 0 Å². The van der Waals surface area contributed by atoms with Crippen LogP contribution in [0.4, 0.5) is 11.4 Å². The second-order valence-electron chi connectivity index (χ2n) is 7.95. The van der Waals surface area contributed by atoms with Gasteiger partial charge < -0.3 is 4.74 Å². The fraction of sp³-hybridized carbons (Fsp3) is 0.318. The molecule has 8 nitrogen and oxygen atoms in total. The highest BCUT2D eigenvalue weighted by Gasteiger charge is 2.43. The van der Waals surface area contributed by atoms with Crippen LogP contribution in [0.1, 0.15) is 32.8 Å². The Hall–Kier alpha value is -3.55. The number of aliphatic imine (C=N–C) groups is 1. The monoisotopic (exact) mass is 409 g/mol. The minimum Gasteiger partial charge on any atom is -0.458 e. The molecule has 30 heavy (non-hydrogen) atoms. The van der Waals surface area contributed by atoms with E-state index in [9.17, 15) is 19.7 Å². The van der Waals surface area contributed by atoms with Crippen molar-refractivity contribution in [2.75, 3.05) is 4.90 Å². The summed E-state index contributed by atoms with van der Waals surface area (Å²) in [6, 6.07) is 14.1. The topological polar surface area (TPSA) is 102 Å². The Labute approximate surface area is 174 Å². The number of esters is 1. The number of anilines is 1. The zero-order chi connectivity index (χ0) is 21.9. The van der Waals surface area contributed by atoms with E-state index in [0.29, 0.717) is 12.2 Å². The molecule has 0 radical (unpaired) electrons. The SMILES string of the molecule is CC(C)(C)OC(=O)C1CC(=NCc2ccccc2)C(=O)N1c1ccc([N+](=O)[O-])cc1. The number of amides is 1. The molecule has 0 bridgehead atoms. The molecule has 2 aromatic rings. The number of carbonyl (C=O) groups is 2. The zero-order valence-corrected chi connectivity index (χ0v) is 17.1. The minimum atomic E-state index is -0.882. The average molecular weight is 409 g/mol. The molecule has 1 saturated heterocycles. The molecule has 1 aliphatic heterocycles. The Morgan fingerprint density at radius 2 is 1.80 bits per heavy atom. The third-order valence-corrected chi connectivity index (χ3v) is 4.48. The predicted octanol–water partition coefficient (Wildman–Crippen LogP) is 3.68. The Balaban J connectivity index is 1.92. The summed E-state index contributed by atoms with van der Waals surface area (Å²) in [4.78, 5) is 42.0. The lowest BCUT2D eigenvalue weighted by Gasteiger charge is -2.27. The molecule has 2 aromatic carbocycles. The van der Waals surface area contributed by atoms with Gasteiger partial charge in [-0.05, 0) is 38.5 Å². The average Bonchev–Trinajstić information content (AvgIpc) is 3.02. The molecule has 3 rings (SSSR count). The molecule has 1 atom stereocenters. The van der Waals surface area contributed by atoms with Gasteiger partial charge in [0.15, 0.2) is 0 Å². The van der Waals surface area contributed by atoms with E-state index in [2.05, 4.69) is 4.99 Å². The second kappa shape index (κ2) is 8.44. The normalized spacial score (nSPS) is 18.0. The summed E-state index contributed by atoms with van der Waals surface area (Å²) in [5.74, 6) is -0.949. The van der Waals surface area contributed by atoms with Crippen LogP contribution in [-0.2, 0) is 20.9 Å². The third-order valence-electron chi connectivity index (χ3n) is 4.48. The summed E-state index contributed by atoms with van der Waals surface area (Å²) in [7, 11) is 0. The first-order valence-electron chi connectivity index (χ1n) is 9.54. The first-order valence-corrected chi connectivity index (χ1v) is 9.54. The lowest BCUT2D eigenvalue weighted by Crippen LogP contribution is -2.42. The van der Waals surface area contributed by atoms with Gasteiger partial charge >= 0.3 is 5.97 Å². The summed E-state index contributed by atoms with van der Waals surface area (Å²) in [6.07, 6.45) is 0.109. The van der Waals surface area contributed by atoms with Gasteiger partial charge in [0.05, 0.1) is 11.5 Å². The van der Waals surface area contributed by atoms with Crippen LogP contribution in [0.2, 0.25) is 0 Å². The van der Waals surface area contributed by atoms with E-state index >= 15 is 0 Å². The number of non-ortho nitro benzene ring substituents is 1. The van der Waals surface area contributed by atoms with E-state index in [4.69, 9.17) is 4.74 Å². The van der Waals surface area contributed by atoms with Crippen molar-refractivity contribution in [1.82, 2.24) is 0 Å². The first-order chi connectivity index (χ1) is 14.2. The third kappa shape index (κ3) is 4.89. The Kier molecular flexibility index (Phi) is 5.96. The van der Waals surface area contributed by atoms with Crippen molar-refractivity contribution in [2.45, 2.75) is 45.4 Å². The van der Waals surface area contributed by atoms with E-state index < -0.39 is 28.4 Å².